The van der Waals surface area contributed by atoms with Crippen LogP contribution in [-0.4, -0.2) is 17.3 Å². The van der Waals surface area contributed by atoms with E-state index in [0.717, 1.165) is 19.3 Å². The molecule has 0 aliphatic carbocycles. The number of hydroxylamine groups is 1. The van der Waals surface area contributed by atoms with Crippen LogP contribution in [0.2, 0.25) is 0 Å². The van der Waals surface area contributed by atoms with Crippen molar-refractivity contribution in [1.29, 1.82) is 0 Å². The van der Waals surface area contributed by atoms with Crippen LogP contribution < -0.4 is 10.6 Å². The number of hydrogen-bond acceptors (Lipinski definition) is 3. The highest BCUT2D eigenvalue weighted by Gasteiger charge is 2.09. The van der Waals surface area contributed by atoms with Crippen LogP contribution in [-0.2, 0) is 0 Å². The smallest absolute Gasteiger partial charge is 0.110 e. The highest BCUT2D eigenvalue weighted by Crippen LogP contribution is 1.92. The minimum Gasteiger partial charge on any atom is -0.608 e. The van der Waals surface area contributed by atoms with Crippen LogP contribution in [0.25, 0.3) is 0 Å². The molecule has 4 nitrogen and oxygen atoms in total. The zero-order valence-corrected chi connectivity index (χ0v) is 9.29. The molecule has 84 valence electrons. The molecule has 0 heterocycles. The maximum Gasteiger partial charge on any atom is 0.110 e. The lowest BCUT2D eigenvalue weighted by molar-refractivity contribution is -0.847. The van der Waals surface area contributed by atoms with Gasteiger partial charge in [-0.3, -0.25) is 5.17 Å². The van der Waals surface area contributed by atoms with Crippen molar-refractivity contribution in [3.63, 3.8) is 0 Å². The Balaban J connectivity index is 3.63. The summed E-state index contributed by atoms with van der Waals surface area (Å²) in [4.78, 5) is 0. The van der Waals surface area contributed by atoms with E-state index in [-0.39, 0.29) is 11.2 Å². The number of quaternary nitrogens is 1. The molecule has 1 unspecified atom stereocenters. The average molecular weight is 202 g/mol. The predicted octanol–water partition coefficient (Wildman–Crippen LogP) is 0.347. The molecule has 0 rings (SSSR count). The van der Waals surface area contributed by atoms with Gasteiger partial charge < -0.3 is 10.3 Å². The van der Waals surface area contributed by atoms with E-state index in [1.54, 1.807) is 13.8 Å². The largest absolute Gasteiger partial charge is 0.608 e. The van der Waals surface area contributed by atoms with Crippen LogP contribution in [0.15, 0.2) is 12.3 Å². The van der Waals surface area contributed by atoms with Gasteiger partial charge in [-0.25, -0.2) is 0 Å². The van der Waals surface area contributed by atoms with Crippen LogP contribution in [0, 0.1) is 5.21 Å². The number of allylic oxidation sites excluding steroid dienone is 1. The molecule has 0 saturated carbocycles. The van der Waals surface area contributed by atoms with Gasteiger partial charge in [-0.2, -0.15) is 5.43 Å². The van der Waals surface area contributed by atoms with Crippen molar-refractivity contribution in [2.75, 3.05) is 0 Å². The van der Waals surface area contributed by atoms with E-state index in [4.69, 9.17) is 5.11 Å². The topological polar surface area (TPSA) is 59.8 Å². The lowest BCUT2D eigenvalue weighted by atomic mass is 10.2. The summed E-state index contributed by atoms with van der Waals surface area (Å²) >= 11 is 0. The maximum absolute atomic E-state index is 11.2. The van der Waals surface area contributed by atoms with Crippen LogP contribution in [0.3, 0.4) is 0 Å². The highest BCUT2D eigenvalue weighted by molar-refractivity contribution is 4.72. The summed E-state index contributed by atoms with van der Waals surface area (Å²) in [6, 6.07) is -0.196. The zero-order chi connectivity index (χ0) is 11.0. The molecule has 0 spiro atoms. The van der Waals surface area contributed by atoms with Gasteiger partial charge in [-0.15, -0.1) is 0 Å². The second-order valence-corrected chi connectivity index (χ2v) is 3.58. The van der Waals surface area contributed by atoms with E-state index in [1.807, 2.05) is 6.08 Å². The van der Waals surface area contributed by atoms with Crippen LogP contribution in [0.1, 0.15) is 40.0 Å². The van der Waals surface area contributed by atoms with Gasteiger partial charge in [-0.1, -0.05) is 13.3 Å². The number of nitrogens with one attached hydrogen (secondary N) is 2. The Morgan fingerprint density at radius 3 is 2.64 bits per heavy atom. The quantitative estimate of drug-likeness (QED) is 0.412. The van der Waals surface area contributed by atoms with E-state index in [2.05, 4.69) is 12.3 Å². The molecule has 4 heteroatoms. The third-order valence-corrected chi connectivity index (χ3v) is 2.09. The zero-order valence-electron chi connectivity index (χ0n) is 9.29. The van der Waals surface area contributed by atoms with Crippen molar-refractivity contribution < 1.29 is 10.3 Å². The molecule has 0 bridgehead atoms. The van der Waals surface area contributed by atoms with Gasteiger partial charge in [0.2, 0.25) is 0 Å². The fourth-order valence-electron chi connectivity index (χ4n) is 0.905. The normalized spacial score (nSPS) is 18.4. The molecule has 3 N–H and O–H groups in total. The van der Waals surface area contributed by atoms with Crippen molar-refractivity contribution in [3.05, 3.63) is 17.5 Å². The number of aliphatic hydroxyl groups is 1. The molecule has 14 heavy (non-hydrogen) atoms. The summed E-state index contributed by atoms with van der Waals surface area (Å²) in [6.07, 6.45) is 6.07. The molecule has 0 aliphatic heterocycles. The SMILES string of the molecule is CCCC/C=C/[NH+]([O-])N[C@H](C)[C@H](C)O. The lowest BCUT2D eigenvalue weighted by Gasteiger charge is -2.23. The summed E-state index contributed by atoms with van der Waals surface area (Å²) in [7, 11) is 0. The van der Waals surface area contributed by atoms with Crippen molar-refractivity contribution >= 4 is 0 Å². The standard InChI is InChI=1S/C10H22N2O2/c1-4-5-6-7-8-12(14)11-9(2)10(3)13/h7-13H,4-6H2,1-3H3/b8-7+/t9-,10+/m1/s1. The summed E-state index contributed by atoms with van der Waals surface area (Å²) in [5, 5.41) is 20.2. The van der Waals surface area contributed by atoms with Crippen molar-refractivity contribution in [2.45, 2.75) is 52.2 Å². The summed E-state index contributed by atoms with van der Waals surface area (Å²) in [6.45, 7) is 5.55. The van der Waals surface area contributed by atoms with E-state index in [9.17, 15) is 5.21 Å². The molecule has 0 aromatic rings. The van der Waals surface area contributed by atoms with Crippen molar-refractivity contribution in [2.24, 2.45) is 0 Å². The Morgan fingerprint density at radius 1 is 1.50 bits per heavy atom. The minimum atomic E-state index is -0.511. The van der Waals surface area contributed by atoms with Gasteiger partial charge in [0.1, 0.15) is 6.20 Å². The van der Waals surface area contributed by atoms with Gasteiger partial charge in [-0.05, 0) is 32.8 Å². The Labute approximate surface area is 86.2 Å². The van der Waals surface area contributed by atoms with Crippen LogP contribution >= 0.6 is 0 Å². The average Bonchev–Trinajstić information content (AvgIpc) is 2.12. The lowest BCUT2D eigenvalue weighted by Crippen LogP contribution is -3.11. The van der Waals surface area contributed by atoms with Gasteiger partial charge >= 0.3 is 0 Å². The first-order valence-electron chi connectivity index (χ1n) is 5.23. The van der Waals surface area contributed by atoms with Crippen molar-refractivity contribution in [3.8, 4) is 0 Å². The minimum absolute atomic E-state index is 0.130. The molecular formula is C10H22N2O2. The van der Waals surface area contributed by atoms with E-state index in [1.165, 1.54) is 6.20 Å². The van der Waals surface area contributed by atoms with Gasteiger partial charge in [0.15, 0.2) is 0 Å². The van der Waals surface area contributed by atoms with Crippen LogP contribution in [0.4, 0.5) is 0 Å². The molecule has 0 radical (unpaired) electrons. The molecular weight excluding hydrogens is 180 g/mol. The highest BCUT2D eigenvalue weighted by atomic mass is 16.5. The van der Waals surface area contributed by atoms with Gasteiger partial charge in [0.25, 0.3) is 0 Å². The van der Waals surface area contributed by atoms with Gasteiger partial charge in [0, 0.05) is 0 Å². The Kier molecular flexibility index (Phi) is 7.70. The molecule has 0 saturated heterocycles. The Morgan fingerprint density at radius 2 is 2.14 bits per heavy atom. The molecule has 3 atom stereocenters. The Hall–Kier alpha value is -0.420. The first kappa shape index (κ1) is 13.6. The number of unbranched alkanes of at least 4 members (excludes halogenated alkanes) is 2. The summed E-state index contributed by atoms with van der Waals surface area (Å²) in [5.74, 6) is 0. The first-order valence-corrected chi connectivity index (χ1v) is 5.23. The van der Waals surface area contributed by atoms with E-state index in [0.29, 0.717) is 0 Å². The van der Waals surface area contributed by atoms with E-state index >= 15 is 0 Å². The first-order chi connectivity index (χ1) is 6.57. The molecule has 0 aromatic heterocycles. The predicted molar refractivity (Wildman–Crippen MR) is 57.3 cm³/mol. The van der Waals surface area contributed by atoms with Gasteiger partial charge in [0.05, 0.1) is 12.1 Å². The summed E-state index contributed by atoms with van der Waals surface area (Å²) < 4.78 is 0. The van der Waals surface area contributed by atoms with Crippen LogP contribution in [0.5, 0.6) is 0 Å². The monoisotopic (exact) mass is 202 g/mol. The second kappa shape index (κ2) is 7.94. The second-order valence-electron chi connectivity index (χ2n) is 3.58. The van der Waals surface area contributed by atoms with E-state index < -0.39 is 6.10 Å². The Bertz CT molecular complexity index is 160. The molecule has 0 aliphatic rings. The molecule has 0 fully saturated rings. The fourth-order valence-corrected chi connectivity index (χ4v) is 0.905. The maximum atomic E-state index is 11.2. The third-order valence-electron chi connectivity index (χ3n) is 2.09. The van der Waals surface area contributed by atoms with Crippen molar-refractivity contribution in [1.82, 2.24) is 5.43 Å². The number of aliphatic hydroxyl groups excluding tert-OH is 1. The third kappa shape index (κ3) is 7.03. The fraction of sp³-hybridized carbons (Fsp3) is 0.800. The number of rotatable bonds is 7. The number of hydrogen-bond donors (Lipinski definition) is 3. The molecule has 0 aromatic carbocycles. The summed E-state index contributed by atoms with van der Waals surface area (Å²) in [5.41, 5.74) is 2.68. The molecule has 0 amide bonds.